The minimum atomic E-state index is -1.12. The van der Waals surface area contributed by atoms with Gasteiger partial charge in [-0.3, -0.25) is 4.79 Å². The number of fused-ring (bicyclic) bond motifs is 1. The first-order chi connectivity index (χ1) is 12.8. The maximum absolute atomic E-state index is 14.1. The topological polar surface area (TPSA) is 63.1 Å². The van der Waals surface area contributed by atoms with Crippen molar-refractivity contribution in [3.63, 3.8) is 0 Å². The molecular weight excluding hydrogens is 359 g/mol. The van der Waals surface area contributed by atoms with Crippen LogP contribution >= 0.6 is 0 Å². The summed E-state index contributed by atoms with van der Waals surface area (Å²) in [6, 6.07) is 5.72. The van der Waals surface area contributed by atoms with Crippen molar-refractivity contribution >= 4 is 34.0 Å². The number of imidazole rings is 1. The van der Waals surface area contributed by atoms with Gasteiger partial charge in [-0.2, -0.15) is 13.8 Å². The lowest BCUT2D eigenvalue weighted by molar-refractivity contribution is -0.117. The lowest BCUT2D eigenvalue weighted by Gasteiger charge is -2.21. The Hall–Kier alpha value is -3.10. The molecule has 2 heterocycles. The van der Waals surface area contributed by atoms with E-state index in [0.29, 0.717) is 22.4 Å². The van der Waals surface area contributed by atoms with Gasteiger partial charge in [-0.05, 0) is 30.7 Å². The number of rotatable bonds is 4. The van der Waals surface area contributed by atoms with Crippen molar-refractivity contribution in [1.82, 2.24) is 14.5 Å². The molecule has 1 fully saturated rings. The molecule has 1 amide bonds. The normalized spacial score (nSPS) is 18.6. The minimum Gasteiger partial charge on any atom is -0.341 e. The van der Waals surface area contributed by atoms with Gasteiger partial charge in [0.2, 0.25) is 17.8 Å². The molecule has 0 aliphatic heterocycles. The number of pyridine rings is 1. The van der Waals surface area contributed by atoms with Crippen LogP contribution in [0.2, 0.25) is 0 Å². The summed E-state index contributed by atoms with van der Waals surface area (Å²) in [5.74, 6) is -2.93. The number of benzene rings is 1. The fourth-order valence-electron chi connectivity index (χ4n) is 2.96. The van der Waals surface area contributed by atoms with E-state index in [-0.39, 0.29) is 12.1 Å². The maximum Gasteiger partial charge on any atom is 0.239 e. The van der Waals surface area contributed by atoms with Crippen LogP contribution in [0, 0.1) is 17.8 Å². The Morgan fingerprint density at radius 2 is 2.07 bits per heavy atom. The second-order valence-electron chi connectivity index (χ2n) is 6.57. The van der Waals surface area contributed by atoms with Gasteiger partial charge in [0.15, 0.2) is 0 Å². The van der Waals surface area contributed by atoms with Crippen molar-refractivity contribution in [2.45, 2.75) is 12.6 Å². The van der Waals surface area contributed by atoms with Crippen molar-refractivity contribution in [3.05, 3.63) is 42.5 Å². The summed E-state index contributed by atoms with van der Waals surface area (Å²) in [5, 5.41) is 2.71. The number of amides is 1. The van der Waals surface area contributed by atoms with Crippen LogP contribution in [0.5, 0.6) is 0 Å². The van der Waals surface area contributed by atoms with Crippen molar-refractivity contribution in [1.29, 1.82) is 0 Å². The number of aryl methyl sites for hydroxylation is 1. The molecule has 1 saturated carbocycles. The molecule has 0 bridgehead atoms. The molecule has 3 aromatic rings. The average Bonchev–Trinajstić information content (AvgIpc) is 3.24. The van der Waals surface area contributed by atoms with Crippen LogP contribution in [0.4, 0.5) is 30.2 Å². The quantitative estimate of drug-likeness (QED) is 0.711. The first-order valence-electron chi connectivity index (χ1n) is 8.31. The molecule has 1 aromatic carbocycles. The molecule has 0 saturated heterocycles. The van der Waals surface area contributed by atoms with E-state index in [9.17, 15) is 18.0 Å². The lowest BCUT2D eigenvalue weighted by atomic mass is 10.2. The van der Waals surface area contributed by atoms with Gasteiger partial charge < -0.3 is 14.8 Å². The van der Waals surface area contributed by atoms with E-state index >= 15 is 0 Å². The number of nitrogens with one attached hydrogen (secondary N) is 1. The molecule has 1 aliphatic rings. The molecule has 6 nitrogen and oxygen atoms in total. The summed E-state index contributed by atoms with van der Waals surface area (Å²) in [4.78, 5) is 21.1. The van der Waals surface area contributed by atoms with E-state index in [2.05, 4.69) is 15.3 Å². The second-order valence-corrected chi connectivity index (χ2v) is 6.57. The van der Waals surface area contributed by atoms with E-state index in [1.807, 2.05) is 0 Å². The molecule has 0 spiro atoms. The Morgan fingerprint density at radius 1 is 1.33 bits per heavy atom. The number of hydrogen-bond acceptors (Lipinski definition) is 4. The molecule has 0 radical (unpaired) electrons. The Bertz CT molecular complexity index is 1050. The van der Waals surface area contributed by atoms with Crippen molar-refractivity contribution < 1.29 is 18.0 Å². The second kappa shape index (κ2) is 6.26. The van der Waals surface area contributed by atoms with E-state index in [1.54, 1.807) is 37.1 Å². The van der Waals surface area contributed by atoms with Crippen LogP contribution in [0.25, 0.3) is 11.0 Å². The molecule has 4 rings (SSSR count). The van der Waals surface area contributed by atoms with Crippen LogP contribution in [0.1, 0.15) is 6.42 Å². The van der Waals surface area contributed by atoms with Gasteiger partial charge >= 0.3 is 0 Å². The predicted molar refractivity (Wildman–Crippen MR) is 94.6 cm³/mol. The van der Waals surface area contributed by atoms with Gasteiger partial charge in [0.05, 0.1) is 29.1 Å². The highest BCUT2D eigenvalue weighted by molar-refractivity contribution is 6.03. The molecule has 27 heavy (non-hydrogen) atoms. The van der Waals surface area contributed by atoms with Crippen molar-refractivity contribution in [2.75, 3.05) is 17.3 Å². The number of carbonyl (C=O) groups is 1. The molecule has 2 atom stereocenters. The third kappa shape index (κ3) is 3.09. The molecule has 9 heteroatoms. The molecule has 140 valence electrons. The summed E-state index contributed by atoms with van der Waals surface area (Å²) in [6.45, 7) is 0. The average molecular weight is 375 g/mol. The van der Waals surface area contributed by atoms with Crippen molar-refractivity contribution in [2.24, 2.45) is 13.0 Å². The molecule has 2 unspecified atom stereocenters. The SMILES string of the molecule is CN(c1cc(NC(=O)C2CC2F)c2ncn(C)c2c1)c1ccc(F)nc1F. The number of hydrogen-bond donors (Lipinski definition) is 1. The Balaban J connectivity index is 1.76. The number of aromatic nitrogens is 3. The molecular formula is C18H16F3N5O. The third-order valence-corrected chi connectivity index (χ3v) is 4.67. The van der Waals surface area contributed by atoms with Gasteiger partial charge in [-0.25, -0.2) is 9.37 Å². The number of carbonyl (C=O) groups excluding carboxylic acids is 1. The van der Waals surface area contributed by atoms with Gasteiger partial charge in [0, 0.05) is 19.8 Å². The largest absolute Gasteiger partial charge is 0.341 e. The Morgan fingerprint density at radius 3 is 2.74 bits per heavy atom. The lowest BCUT2D eigenvalue weighted by Crippen LogP contribution is -2.17. The van der Waals surface area contributed by atoms with Crippen LogP contribution in [-0.4, -0.2) is 33.7 Å². The van der Waals surface area contributed by atoms with E-state index in [0.717, 1.165) is 6.07 Å². The van der Waals surface area contributed by atoms with E-state index < -0.39 is 29.9 Å². The summed E-state index contributed by atoms with van der Waals surface area (Å²) >= 11 is 0. The first-order valence-corrected chi connectivity index (χ1v) is 8.31. The summed E-state index contributed by atoms with van der Waals surface area (Å²) in [7, 11) is 3.38. The highest BCUT2D eigenvalue weighted by Gasteiger charge is 2.43. The fraction of sp³-hybridized carbons (Fsp3) is 0.278. The van der Waals surface area contributed by atoms with E-state index in [4.69, 9.17) is 0 Å². The van der Waals surface area contributed by atoms with Crippen LogP contribution in [0.3, 0.4) is 0 Å². The van der Waals surface area contributed by atoms with Crippen LogP contribution in [-0.2, 0) is 11.8 Å². The summed E-state index contributed by atoms with van der Waals surface area (Å²) in [6.07, 6.45) is 0.678. The Kier molecular flexibility index (Phi) is 4.01. The van der Waals surface area contributed by atoms with E-state index in [1.165, 1.54) is 11.0 Å². The van der Waals surface area contributed by atoms with Gasteiger partial charge in [0.1, 0.15) is 11.7 Å². The zero-order valence-electron chi connectivity index (χ0n) is 14.6. The zero-order chi connectivity index (χ0) is 19.3. The zero-order valence-corrected chi connectivity index (χ0v) is 14.6. The first kappa shape index (κ1) is 17.3. The summed E-state index contributed by atoms with van der Waals surface area (Å²) in [5.41, 5.74) is 2.23. The highest BCUT2D eigenvalue weighted by atomic mass is 19.1. The molecule has 1 N–H and O–H groups in total. The fourth-order valence-corrected chi connectivity index (χ4v) is 2.96. The maximum atomic E-state index is 14.1. The number of alkyl halides is 1. The third-order valence-electron chi connectivity index (χ3n) is 4.67. The Labute approximate surface area is 152 Å². The molecule has 2 aromatic heterocycles. The highest BCUT2D eigenvalue weighted by Crippen LogP contribution is 2.37. The smallest absolute Gasteiger partial charge is 0.239 e. The standard InChI is InChI=1S/C18H16F3N5O/c1-25-8-22-16-12(23-18(27)10-7-11(10)19)5-9(6-14(16)25)26(2)13-3-4-15(20)24-17(13)21/h3-6,8,10-11H,7H2,1-2H3,(H,23,27). The van der Waals surface area contributed by atoms with Crippen LogP contribution < -0.4 is 10.2 Å². The predicted octanol–water partition coefficient (Wildman–Crippen LogP) is 3.31. The molecule has 1 aliphatic carbocycles. The van der Waals surface area contributed by atoms with Gasteiger partial charge in [0.25, 0.3) is 0 Å². The van der Waals surface area contributed by atoms with Gasteiger partial charge in [-0.15, -0.1) is 0 Å². The van der Waals surface area contributed by atoms with Crippen molar-refractivity contribution in [3.8, 4) is 0 Å². The number of anilines is 3. The monoisotopic (exact) mass is 375 g/mol. The van der Waals surface area contributed by atoms with Crippen LogP contribution in [0.15, 0.2) is 30.6 Å². The minimum absolute atomic E-state index is 0.0706. The number of nitrogens with zero attached hydrogens (tertiary/aromatic N) is 4. The summed E-state index contributed by atoms with van der Waals surface area (Å²) < 4.78 is 42.1. The number of halogens is 3. The van der Waals surface area contributed by atoms with Gasteiger partial charge in [-0.1, -0.05) is 0 Å².